The first kappa shape index (κ1) is 16.4. The minimum Gasteiger partial charge on any atom is -0.493 e. The Labute approximate surface area is 133 Å². The van der Waals surface area contributed by atoms with Crippen molar-refractivity contribution in [3.8, 4) is 17.2 Å². The van der Waals surface area contributed by atoms with Gasteiger partial charge >= 0.3 is 0 Å². The first-order chi connectivity index (χ1) is 11.1. The monoisotopic (exact) mass is 318 g/mol. The molecule has 1 N–H and O–H groups in total. The first-order valence-corrected chi connectivity index (χ1v) is 6.78. The molecule has 0 aliphatic rings. The number of hydrogen-bond acceptors (Lipinski definition) is 6. The summed E-state index contributed by atoms with van der Waals surface area (Å²) in [5.74, 6) is 1.69. The summed E-state index contributed by atoms with van der Waals surface area (Å²) in [6.07, 6.45) is 2.94. The van der Waals surface area contributed by atoms with Crippen LogP contribution < -0.4 is 19.6 Å². The highest BCUT2D eigenvalue weighted by molar-refractivity contribution is 5.95. The molecule has 0 aliphatic heterocycles. The molecule has 1 aromatic heterocycles. The molecule has 0 saturated carbocycles. The van der Waals surface area contributed by atoms with Gasteiger partial charge in [0.25, 0.3) is 5.91 Å². The number of aryl methyl sites for hydroxylation is 1. The highest BCUT2D eigenvalue weighted by atomic mass is 16.5. The van der Waals surface area contributed by atoms with Gasteiger partial charge in [-0.3, -0.25) is 4.79 Å². The molecule has 0 saturated heterocycles. The Bertz CT molecular complexity index is 696. The van der Waals surface area contributed by atoms with Crippen LogP contribution in [0.25, 0.3) is 0 Å². The van der Waals surface area contributed by atoms with E-state index in [1.54, 1.807) is 25.1 Å². The van der Waals surface area contributed by atoms with Crippen molar-refractivity contribution in [2.75, 3.05) is 21.3 Å². The van der Waals surface area contributed by atoms with Crippen LogP contribution in [0.1, 0.15) is 21.7 Å². The number of furan rings is 1. The molecule has 0 bridgehead atoms. The van der Waals surface area contributed by atoms with E-state index in [1.807, 2.05) is 0 Å². The Morgan fingerprint density at radius 3 is 2.30 bits per heavy atom. The predicted molar refractivity (Wildman–Crippen MR) is 84.6 cm³/mol. The molecule has 2 aromatic rings. The van der Waals surface area contributed by atoms with E-state index in [2.05, 4.69) is 10.5 Å². The Morgan fingerprint density at radius 2 is 1.83 bits per heavy atom. The summed E-state index contributed by atoms with van der Waals surface area (Å²) < 4.78 is 20.8. The molecule has 0 radical (unpaired) electrons. The average molecular weight is 318 g/mol. The number of hydrazone groups is 1. The topological polar surface area (TPSA) is 82.3 Å². The number of methoxy groups -OCH3 is 3. The van der Waals surface area contributed by atoms with Crippen molar-refractivity contribution >= 4 is 12.1 Å². The SMILES string of the molecule is COc1cc(C=NNC(=O)c2ccoc2C)cc(OC)c1OC. The summed E-state index contributed by atoms with van der Waals surface area (Å²) in [4.78, 5) is 11.9. The molecule has 122 valence electrons. The smallest absolute Gasteiger partial charge is 0.274 e. The lowest BCUT2D eigenvalue weighted by Crippen LogP contribution is -2.17. The zero-order valence-electron chi connectivity index (χ0n) is 13.4. The Hall–Kier alpha value is -2.96. The lowest BCUT2D eigenvalue weighted by Gasteiger charge is -2.12. The zero-order valence-corrected chi connectivity index (χ0v) is 13.4. The number of carbonyl (C=O) groups excluding carboxylic acids is 1. The fourth-order valence-corrected chi connectivity index (χ4v) is 2.02. The number of hydrogen-bond donors (Lipinski definition) is 1. The van der Waals surface area contributed by atoms with Crippen LogP contribution in [0, 0.1) is 6.92 Å². The van der Waals surface area contributed by atoms with Crippen LogP contribution in [-0.4, -0.2) is 33.5 Å². The molecule has 7 nitrogen and oxygen atoms in total. The van der Waals surface area contributed by atoms with Crippen molar-refractivity contribution in [1.82, 2.24) is 5.43 Å². The van der Waals surface area contributed by atoms with Gasteiger partial charge in [0, 0.05) is 5.56 Å². The molecule has 1 heterocycles. The fourth-order valence-electron chi connectivity index (χ4n) is 2.02. The largest absolute Gasteiger partial charge is 0.493 e. The third-order valence-electron chi connectivity index (χ3n) is 3.17. The van der Waals surface area contributed by atoms with Gasteiger partial charge in [0.15, 0.2) is 11.5 Å². The molecular formula is C16H18N2O5. The Kier molecular flexibility index (Phi) is 5.24. The van der Waals surface area contributed by atoms with Crippen LogP contribution >= 0.6 is 0 Å². The van der Waals surface area contributed by atoms with Gasteiger partial charge in [-0.2, -0.15) is 5.10 Å². The van der Waals surface area contributed by atoms with E-state index in [9.17, 15) is 4.79 Å². The van der Waals surface area contributed by atoms with E-state index >= 15 is 0 Å². The highest BCUT2D eigenvalue weighted by Crippen LogP contribution is 2.37. The normalized spacial score (nSPS) is 10.6. The summed E-state index contributed by atoms with van der Waals surface area (Å²) in [5.41, 5.74) is 3.56. The maximum Gasteiger partial charge on any atom is 0.274 e. The van der Waals surface area contributed by atoms with E-state index in [4.69, 9.17) is 18.6 Å². The third-order valence-corrected chi connectivity index (χ3v) is 3.17. The number of nitrogens with zero attached hydrogens (tertiary/aromatic N) is 1. The summed E-state index contributed by atoms with van der Waals surface area (Å²) in [7, 11) is 4.59. The van der Waals surface area contributed by atoms with Gasteiger partial charge in [0.2, 0.25) is 5.75 Å². The first-order valence-electron chi connectivity index (χ1n) is 6.78. The number of benzene rings is 1. The van der Waals surface area contributed by atoms with Crippen LogP contribution in [0.2, 0.25) is 0 Å². The molecule has 0 spiro atoms. The van der Waals surface area contributed by atoms with Gasteiger partial charge in [-0.1, -0.05) is 0 Å². The third kappa shape index (κ3) is 3.63. The van der Waals surface area contributed by atoms with Crippen LogP contribution in [-0.2, 0) is 0 Å². The molecule has 23 heavy (non-hydrogen) atoms. The maximum atomic E-state index is 11.9. The molecule has 0 fully saturated rings. The summed E-state index contributed by atoms with van der Waals surface area (Å²) in [6, 6.07) is 5.03. The minimum absolute atomic E-state index is 0.347. The Morgan fingerprint density at radius 1 is 1.17 bits per heavy atom. The van der Waals surface area contributed by atoms with E-state index in [0.29, 0.717) is 34.1 Å². The second kappa shape index (κ2) is 7.35. The number of nitrogens with one attached hydrogen (secondary N) is 1. The molecular weight excluding hydrogens is 300 g/mol. The summed E-state index contributed by atoms with van der Waals surface area (Å²) in [6.45, 7) is 1.71. The predicted octanol–water partition coefficient (Wildman–Crippen LogP) is 2.38. The fraction of sp³-hybridized carbons (Fsp3) is 0.250. The summed E-state index contributed by atoms with van der Waals surface area (Å²) >= 11 is 0. The minimum atomic E-state index is -0.347. The van der Waals surface area contributed by atoms with Crippen LogP contribution in [0.5, 0.6) is 17.2 Å². The van der Waals surface area contributed by atoms with Crippen LogP contribution in [0.15, 0.2) is 34.0 Å². The maximum absolute atomic E-state index is 11.9. The molecule has 2 rings (SSSR count). The van der Waals surface area contributed by atoms with Crippen molar-refractivity contribution < 1.29 is 23.4 Å². The molecule has 1 aromatic carbocycles. The highest BCUT2D eigenvalue weighted by Gasteiger charge is 2.13. The van der Waals surface area contributed by atoms with E-state index in [0.717, 1.165) is 0 Å². The van der Waals surface area contributed by atoms with Gasteiger partial charge in [0.05, 0.1) is 39.4 Å². The number of carbonyl (C=O) groups is 1. The summed E-state index contributed by atoms with van der Waals surface area (Å²) in [5, 5.41) is 3.93. The van der Waals surface area contributed by atoms with Crippen LogP contribution in [0.3, 0.4) is 0 Å². The van der Waals surface area contributed by atoms with Gasteiger partial charge < -0.3 is 18.6 Å². The van der Waals surface area contributed by atoms with Crippen molar-refractivity contribution in [1.29, 1.82) is 0 Å². The molecule has 0 aliphatic carbocycles. The lowest BCUT2D eigenvalue weighted by atomic mass is 10.2. The van der Waals surface area contributed by atoms with E-state index in [-0.39, 0.29) is 5.91 Å². The van der Waals surface area contributed by atoms with Crippen LogP contribution in [0.4, 0.5) is 0 Å². The van der Waals surface area contributed by atoms with Gasteiger partial charge in [-0.25, -0.2) is 5.43 Å². The van der Waals surface area contributed by atoms with Crippen molar-refractivity contribution in [3.63, 3.8) is 0 Å². The standard InChI is InChI=1S/C16H18N2O5/c1-10-12(5-6-23-10)16(19)18-17-9-11-7-13(20-2)15(22-4)14(8-11)21-3/h5-9H,1-4H3,(H,18,19). The van der Waals surface area contributed by atoms with Gasteiger partial charge in [-0.15, -0.1) is 0 Å². The van der Waals surface area contributed by atoms with Crippen molar-refractivity contribution in [2.24, 2.45) is 5.10 Å². The quantitative estimate of drug-likeness (QED) is 0.653. The lowest BCUT2D eigenvalue weighted by molar-refractivity contribution is 0.0953. The van der Waals surface area contributed by atoms with E-state index in [1.165, 1.54) is 33.8 Å². The average Bonchev–Trinajstić information content (AvgIpc) is 2.99. The molecule has 1 amide bonds. The van der Waals surface area contributed by atoms with E-state index < -0.39 is 0 Å². The van der Waals surface area contributed by atoms with Crippen molar-refractivity contribution in [3.05, 3.63) is 41.3 Å². The van der Waals surface area contributed by atoms with Crippen molar-refractivity contribution in [2.45, 2.75) is 6.92 Å². The zero-order chi connectivity index (χ0) is 16.8. The molecule has 0 unspecified atom stereocenters. The number of amides is 1. The Balaban J connectivity index is 2.16. The second-order valence-corrected chi connectivity index (χ2v) is 4.55. The van der Waals surface area contributed by atoms with Gasteiger partial charge in [-0.05, 0) is 25.1 Å². The second-order valence-electron chi connectivity index (χ2n) is 4.55. The molecule has 0 atom stereocenters. The van der Waals surface area contributed by atoms with Gasteiger partial charge in [0.1, 0.15) is 5.76 Å². The molecule has 7 heteroatoms. The number of rotatable bonds is 6. The number of ether oxygens (including phenoxy) is 3.